The van der Waals surface area contributed by atoms with E-state index in [4.69, 9.17) is 10.5 Å². The molecule has 6 nitrogen and oxygen atoms in total. The highest BCUT2D eigenvalue weighted by atomic mass is 32.2. The van der Waals surface area contributed by atoms with Crippen LogP contribution in [-0.4, -0.2) is 37.4 Å². The number of nitrogens with two attached hydrogens (primary N) is 1. The van der Waals surface area contributed by atoms with E-state index in [-0.39, 0.29) is 23.6 Å². The molecule has 226 valence electrons. The first-order valence-corrected chi connectivity index (χ1v) is 15.2. The number of carbonyl (C=O) groups excluding carboxylic acids is 3. The molecule has 0 radical (unpaired) electrons. The summed E-state index contributed by atoms with van der Waals surface area (Å²) in [7, 11) is 1.84. The number of nitrogen functional groups attached to an aromatic ring is 1. The average Bonchev–Trinajstić information content (AvgIpc) is 3.00. The number of para-hydroxylation sites is 1. The quantitative estimate of drug-likeness (QED) is 0.119. The number of aryl methyl sites for hydroxylation is 1. The van der Waals surface area contributed by atoms with Gasteiger partial charge in [-0.3, -0.25) is 9.59 Å². The second kappa shape index (κ2) is 24.4. The maximum atomic E-state index is 12.1. The number of esters is 1. The van der Waals surface area contributed by atoms with Gasteiger partial charge in [-0.1, -0.05) is 70.2 Å². The van der Waals surface area contributed by atoms with Crippen LogP contribution in [0.2, 0.25) is 0 Å². The topological polar surface area (TPSA) is 98.5 Å². The van der Waals surface area contributed by atoms with Crippen molar-refractivity contribution in [3.8, 4) is 0 Å². The minimum absolute atomic E-state index is 0.0186. The second-order valence-electron chi connectivity index (χ2n) is 8.37. The van der Waals surface area contributed by atoms with E-state index in [0.717, 1.165) is 28.3 Å². The molecule has 0 amide bonds. The molecule has 3 rings (SSSR count). The zero-order chi connectivity index (χ0) is 31.8. The highest BCUT2D eigenvalue weighted by Gasteiger charge is 2.14. The summed E-state index contributed by atoms with van der Waals surface area (Å²) in [6.07, 6.45) is 2.27. The van der Waals surface area contributed by atoms with Gasteiger partial charge in [0.25, 0.3) is 0 Å². The molecule has 0 aliphatic carbocycles. The Balaban J connectivity index is 0. The van der Waals surface area contributed by atoms with Gasteiger partial charge in [0.1, 0.15) is 11.9 Å². The normalized spacial score (nSPS) is 9.90. The van der Waals surface area contributed by atoms with E-state index < -0.39 is 0 Å². The minimum atomic E-state index is -0.367. The second-order valence-corrected chi connectivity index (χ2v) is 9.25. The van der Waals surface area contributed by atoms with E-state index in [1.807, 2.05) is 103 Å². The number of nitrogens with one attached hydrogen (secondary N) is 1. The SMILES string of the molecule is CC.CC.CNCCC(C)=O.CSc1ccc(C(=O)OC(C)c2ccc(C(C)=O)cc2)cc1.Cc1ccccc1N. The molecule has 3 N–H and O–H groups in total. The fraction of sp³-hybridized carbons (Fsp3) is 0.382. The number of ether oxygens (including phenoxy) is 1. The van der Waals surface area contributed by atoms with Crippen molar-refractivity contribution >= 4 is 35.0 Å². The number of hydrogen-bond acceptors (Lipinski definition) is 7. The molecular formula is C34H50N2O4S. The van der Waals surface area contributed by atoms with E-state index >= 15 is 0 Å². The zero-order valence-electron chi connectivity index (χ0n) is 26.5. The van der Waals surface area contributed by atoms with Crippen LogP contribution < -0.4 is 11.1 Å². The molecule has 1 unspecified atom stereocenters. The zero-order valence-corrected chi connectivity index (χ0v) is 27.4. The molecule has 41 heavy (non-hydrogen) atoms. The van der Waals surface area contributed by atoms with Crippen molar-refractivity contribution in [2.24, 2.45) is 0 Å². The molecule has 1 atom stereocenters. The van der Waals surface area contributed by atoms with Gasteiger partial charge in [0, 0.05) is 29.1 Å². The van der Waals surface area contributed by atoms with E-state index in [1.54, 1.807) is 43.0 Å². The first-order chi connectivity index (χ1) is 19.6. The Bertz CT molecular complexity index is 1110. The number of ketones is 2. The third-order valence-corrected chi connectivity index (χ3v) is 6.06. The summed E-state index contributed by atoms with van der Waals surface area (Å²) >= 11 is 1.62. The Labute approximate surface area is 252 Å². The van der Waals surface area contributed by atoms with Gasteiger partial charge in [0.05, 0.1) is 5.56 Å². The lowest BCUT2D eigenvalue weighted by molar-refractivity contribution is -0.116. The van der Waals surface area contributed by atoms with Gasteiger partial charge in [-0.2, -0.15) is 0 Å². The molecule has 0 aromatic heterocycles. The molecular weight excluding hydrogens is 532 g/mol. The number of Topliss-reactive ketones (excluding diaryl/α,β-unsaturated/α-hetero) is 2. The van der Waals surface area contributed by atoms with Crippen molar-refractivity contribution in [3.05, 3.63) is 95.1 Å². The van der Waals surface area contributed by atoms with Gasteiger partial charge in [0.15, 0.2) is 5.78 Å². The number of carbonyl (C=O) groups is 3. The van der Waals surface area contributed by atoms with E-state index in [1.165, 1.54) is 6.92 Å². The summed E-state index contributed by atoms with van der Waals surface area (Å²) in [4.78, 5) is 34.6. The van der Waals surface area contributed by atoms with Crippen LogP contribution in [0.5, 0.6) is 0 Å². The van der Waals surface area contributed by atoms with Gasteiger partial charge >= 0.3 is 5.97 Å². The first-order valence-electron chi connectivity index (χ1n) is 14.0. The molecule has 0 spiro atoms. The fourth-order valence-electron chi connectivity index (χ4n) is 2.90. The molecule has 0 bridgehead atoms. The third kappa shape index (κ3) is 17.8. The van der Waals surface area contributed by atoms with Gasteiger partial charge in [-0.05, 0) is 82.5 Å². The average molecular weight is 583 g/mol. The molecule has 0 aliphatic rings. The summed E-state index contributed by atoms with van der Waals surface area (Å²) in [6, 6.07) is 22.2. The summed E-state index contributed by atoms with van der Waals surface area (Å²) < 4.78 is 5.47. The van der Waals surface area contributed by atoms with Crippen LogP contribution >= 0.6 is 11.8 Å². The lowest BCUT2D eigenvalue weighted by Gasteiger charge is -2.14. The highest BCUT2D eigenvalue weighted by molar-refractivity contribution is 7.98. The monoisotopic (exact) mass is 582 g/mol. The number of benzene rings is 3. The fourth-order valence-corrected chi connectivity index (χ4v) is 3.31. The number of rotatable bonds is 8. The Kier molecular flexibility index (Phi) is 23.6. The standard InChI is InChI=1S/C18H18O3S.C7H9N.C5H11NO.2C2H6/c1-12(19)14-4-6-15(7-5-14)13(2)21-18(20)16-8-10-17(22-3)11-9-16;1-6-4-2-3-5-7(6)8;1-5(7)3-4-6-2;2*1-2/h4-11,13H,1-3H3;2-5H,8H2,1H3;6H,3-4H2,1-2H3;2*1-2H3. The first kappa shape index (κ1) is 39.7. The smallest absolute Gasteiger partial charge is 0.338 e. The number of hydrogen-bond donors (Lipinski definition) is 2. The molecule has 0 aliphatic heterocycles. The molecule has 7 heteroatoms. The largest absolute Gasteiger partial charge is 0.454 e. The summed E-state index contributed by atoms with van der Waals surface area (Å²) in [5.41, 5.74) is 9.57. The van der Waals surface area contributed by atoms with Gasteiger partial charge in [-0.25, -0.2) is 4.79 Å². The van der Waals surface area contributed by atoms with Crippen LogP contribution in [0.3, 0.4) is 0 Å². The van der Waals surface area contributed by atoms with E-state index in [9.17, 15) is 14.4 Å². The number of thioether (sulfide) groups is 1. The van der Waals surface area contributed by atoms with Crippen molar-refractivity contribution in [2.45, 2.75) is 72.8 Å². The van der Waals surface area contributed by atoms with Crippen LogP contribution in [0, 0.1) is 6.92 Å². The Morgan fingerprint density at radius 1 is 0.854 bits per heavy atom. The van der Waals surface area contributed by atoms with Crippen molar-refractivity contribution in [1.29, 1.82) is 0 Å². The van der Waals surface area contributed by atoms with Crippen molar-refractivity contribution in [2.75, 3.05) is 25.6 Å². The van der Waals surface area contributed by atoms with Crippen LogP contribution in [-0.2, 0) is 9.53 Å². The van der Waals surface area contributed by atoms with Crippen molar-refractivity contribution in [1.82, 2.24) is 5.32 Å². The Hall–Kier alpha value is -3.42. The molecule has 3 aromatic carbocycles. The van der Waals surface area contributed by atoms with E-state index in [2.05, 4.69) is 5.32 Å². The van der Waals surface area contributed by atoms with Crippen molar-refractivity contribution in [3.63, 3.8) is 0 Å². The maximum Gasteiger partial charge on any atom is 0.338 e. The Morgan fingerprint density at radius 2 is 1.37 bits per heavy atom. The molecule has 0 fully saturated rings. The van der Waals surface area contributed by atoms with Gasteiger partial charge in [0.2, 0.25) is 0 Å². The van der Waals surface area contributed by atoms with Gasteiger partial charge < -0.3 is 15.8 Å². The molecule has 0 saturated heterocycles. The van der Waals surface area contributed by atoms with Crippen molar-refractivity contribution < 1.29 is 19.1 Å². The minimum Gasteiger partial charge on any atom is -0.454 e. The lowest BCUT2D eigenvalue weighted by Crippen LogP contribution is -2.10. The van der Waals surface area contributed by atoms with Crippen LogP contribution in [0.25, 0.3) is 0 Å². The van der Waals surface area contributed by atoms with Crippen LogP contribution in [0.4, 0.5) is 5.69 Å². The summed E-state index contributed by atoms with van der Waals surface area (Å²) in [6.45, 7) is 15.7. The summed E-state index contributed by atoms with van der Waals surface area (Å²) in [5, 5.41) is 2.88. The Morgan fingerprint density at radius 3 is 1.73 bits per heavy atom. The van der Waals surface area contributed by atoms with E-state index in [0.29, 0.717) is 17.5 Å². The lowest BCUT2D eigenvalue weighted by atomic mass is 10.1. The van der Waals surface area contributed by atoms with Crippen LogP contribution in [0.1, 0.15) is 92.8 Å². The molecule has 3 aromatic rings. The number of anilines is 1. The molecule has 0 heterocycles. The highest BCUT2D eigenvalue weighted by Crippen LogP contribution is 2.21. The summed E-state index contributed by atoms with van der Waals surface area (Å²) in [5.74, 6) is -0.0878. The third-order valence-electron chi connectivity index (χ3n) is 5.31. The maximum absolute atomic E-state index is 12.1. The molecule has 0 saturated carbocycles. The van der Waals surface area contributed by atoms with Crippen LogP contribution in [0.15, 0.2) is 77.7 Å². The predicted octanol–water partition coefficient (Wildman–Crippen LogP) is 8.34. The predicted molar refractivity (Wildman–Crippen MR) is 176 cm³/mol. The van der Waals surface area contributed by atoms with Gasteiger partial charge in [-0.15, -0.1) is 11.8 Å².